The Kier molecular flexibility index (Phi) is 4.38. The molecule has 0 atom stereocenters. The van der Waals surface area contributed by atoms with Crippen LogP contribution in [0.1, 0.15) is 6.92 Å². The lowest BCUT2D eigenvalue weighted by atomic mass is 10.1. The predicted molar refractivity (Wildman–Crippen MR) is 125 cm³/mol. The van der Waals surface area contributed by atoms with Crippen molar-refractivity contribution in [3.63, 3.8) is 0 Å². The van der Waals surface area contributed by atoms with E-state index in [2.05, 4.69) is 47.9 Å². The van der Waals surface area contributed by atoms with Gasteiger partial charge in [-0.05, 0) is 31.2 Å². The fraction of sp³-hybridized carbons (Fsp3) is 0.0769. The van der Waals surface area contributed by atoms with E-state index in [-0.39, 0.29) is 0 Å². The zero-order valence-corrected chi connectivity index (χ0v) is 17.2. The summed E-state index contributed by atoms with van der Waals surface area (Å²) < 4.78 is 17.0. The third-order valence-electron chi connectivity index (χ3n) is 5.68. The minimum Gasteiger partial charge on any atom is -0.341 e. The number of nitrogens with zero attached hydrogens (tertiary/aromatic N) is 1. The van der Waals surface area contributed by atoms with Gasteiger partial charge in [-0.25, -0.2) is 0 Å². The summed E-state index contributed by atoms with van der Waals surface area (Å²) >= 11 is 0. The smallest absolute Gasteiger partial charge is 0.171 e. The topological polar surface area (TPSA) is 22.0 Å². The van der Waals surface area contributed by atoms with Crippen LogP contribution in [0, 0.1) is 0 Å². The zero-order chi connectivity index (χ0) is 19.8. The second kappa shape index (κ2) is 7.06. The van der Waals surface area contributed by atoms with E-state index >= 15 is 0 Å². The second-order valence-electron chi connectivity index (χ2n) is 7.24. The van der Waals surface area contributed by atoms with Gasteiger partial charge in [-0.2, -0.15) is 0 Å². The molecule has 0 radical (unpaired) electrons. The van der Waals surface area contributed by atoms with Gasteiger partial charge in [0.05, 0.1) is 0 Å². The highest BCUT2D eigenvalue weighted by Crippen LogP contribution is 2.43. The van der Waals surface area contributed by atoms with Crippen LogP contribution in [0.25, 0.3) is 21.8 Å². The highest BCUT2D eigenvalue weighted by atomic mass is 31.2. The van der Waals surface area contributed by atoms with Crippen LogP contribution in [0.4, 0.5) is 0 Å². The van der Waals surface area contributed by atoms with Crippen LogP contribution in [-0.2, 0) is 11.1 Å². The second-order valence-corrected chi connectivity index (χ2v) is 10.0. The van der Waals surface area contributed by atoms with E-state index < -0.39 is 7.14 Å². The standard InChI is InChI=1S/C26H22NOP/c1-2-27-25-16-10-9-15-23(25)24-19-22(17-18-26(24)27)29(28,20-11-5-3-6-12-20)21-13-7-4-8-14-21/h3-19H,2H2,1H3. The van der Waals surface area contributed by atoms with Gasteiger partial charge in [-0.1, -0.05) is 78.9 Å². The SMILES string of the molecule is CCn1c2ccccc2c2cc(P(=O)(c3ccccc3)c3ccccc3)ccc21. The molecule has 1 aromatic heterocycles. The van der Waals surface area contributed by atoms with Crippen LogP contribution >= 0.6 is 7.14 Å². The molecule has 5 aromatic rings. The molecule has 1 heterocycles. The number of hydrogen-bond donors (Lipinski definition) is 0. The van der Waals surface area contributed by atoms with Gasteiger partial charge < -0.3 is 9.13 Å². The third-order valence-corrected chi connectivity index (χ3v) is 8.73. The van der Waals surface area contributed by atoms with Gasteiger partial charge in [0.15, 0.2) is 7.14 Å². The molecule has 0 aliphatic carbocycles. The summed E-state index contributed by atoms with van der Waals surface area (Å²) in [6.45, 7) is 3.07. The molecule has 0 amide bonds. The summed E-state index contributed by atoms with van der Waals surface area (Å²) in [6.07, 6.45) is 0. The van der Waals surface area contributed by atoms with Crippen molar-refractivity contribution in [1.82, 2.24) is 4.57 Å². The molecule has 0 bridgehead atoms. The Labute approximate surface area is 170 Å². The summed E-state index contributed by atoms with van der Waals surface area (Å²) in [5.74, 6) is 0. The quantitative estimate of drug-likeness (QED) is 0.371. The Morgan fingerprint density at radius 1 is 0.621 bits per heavy atom. The van der Waals surface area contributed by atoms with Gasteiger partial charge >= 0.3 is 0 Å². The minimum absolute atomic E-state index is 0.866. The summed E-state index contributed by atoms with van der Waals surface area (Å²) in [5, 5.41) is 4.97. The molecule has 0 saturated carbocycles. The molecule has 2 nitrogen and oxygen atoms in total. The van der Waals surface area contributed by atoms with Crippen LogP contribution in [-0.4, -0.2) is 4.57 Å². The van der Waals surface area contributed by atoms with E-state index in [1.807, 2.05) is 66.7 Å². The lowest BCUT2D eigenvalue weighted by molar-refractivity contribution is 0.592. The van der Waals surface area contributed by atoms with Crippen molar-refractivity contribution in [1.29, 1.82) is 0 Å². The van der Waals surface area contributed by atoms with E-state index in [0.29, 0.717) is 0 Å². The van der Waals surface area contributed by atoms with Crippen LogP contribution in [0.15, 0.2) is 103 Å². The Morgan fingerprint density at radius 3 is 1.79 bits per heavy atom. The van der Waals surface area contributed by atoms with Gasteiger partial charge in [0.1, 0.15) is 0 Å². The van der Waals surface area contributed by atoms with Gasteiger partial charge in [0, 0.05) is 44.3 Å². The molecule has 0 N–H and O–H groups in total. The van der Waals surface area contributed by atoms with Crippen molar-refractivity contribution in [2.24, 2.45) is 0 Å². The third kappa shape index (κ3) is 2.75. The highest BCUT2D eigenvalue weighted by Gasteiger charge is 2.30. The molecule has 142 valence electrons. The van der Waals surface area contributed by atoms with Crippen molar-refractivity contribution >= 4 is 44.9 Å². The van der Waals surface area contributed by atoms with E-state index in [4.69, 9.17) is 0 Å². The number of hydrogen-bond acceptors (Lipinski definition) is 1. The number of aryl methyl sites for hydroxylation is 1. The highest BCUT2D eigenvalue weighted by molar-refractivity contribution is 7.85. The van der Waals surface area contributed by atoms with Crippen LogP contribution < -0.4 is 15.9 Å². The maximum atomic E-state index is 14.7. The summed E-state index contributed by atoms with van der Waals surface area (Å²) in [5.41, 5.74) is 2.40. The molecule has 29 heavy (non-hydrogen) atoms. The van der Waals surface area contributed by atoms with Crippen molar-refractivity contribution < 1.29 is 4.57 Å². The molecule has 4 aromatic carbocycles. The summed E-state index contributed by atoms with van der Waals surface area (Å²) in [4.78, 5) is 0. The Bertz CT molecular complexity index is 1310. The van der Waals surface area contributed by atoms with Crippen molar-refractivity contribution in [3.8, 4) is 0 Å². The normalized spacial score (nSPS) is 11.9. The molecule has 3 heteroatoms. The Morgan fingerprint density at radius 2 is 1.17 bits per heavy atom. The largest absolute Gasteiger partial charge is 0.341 e. The van der Waals surface area contributed by atoms with Gasteiger partial charge in [0.2, 0.25) is 0 Å². The van der Waals surface area contributed by atoms with Crippen molar-refractivity contribution in [2.45, 2.75) is 13.5 Å². The molecule has 0 fully saturated rings. The number of benzene rings is 4. The molecule has 5 rings (SSSR count). The van der Waals surface area contributed by atoms with Gasteiger partial charge in [-0.15, -0.1) is 0 Å². The number of rotatable bonds is 4. The van der Waals surface area contributed by atoms with Gasteiger partial charge in [0.25, 0.3) is 0 Å². The van der Waals surface area contributed by atoms with Crippen LogP contribution in [0.3, 0.4) is 0 Å². The zero-order valence-electron chi connectivity index (χ0n) is 16.3. The van der Waals surface area contributed by atoms with Crippen molar-refractivity contribution in [3.05, 3.63) is 103 Å². The van der Waals surface area contributed by atoms with E-state index in [0.717, 1.165) is 27.8 Å². The minimum atomic E-state index is -2.97. The molecular weight excluding hydrogens is 373 g/mol. The van der Waals surface area contributed by atoms with Crippen LogP contribution in [0.5, 0.6) is 0 Å². The van der Waals surface area contributed by atoms with Gasteiger partial charge in [-0.3, -0.25) is 0 Å². The number of para-hydroxylation sites is 1. The maximum Gasteiger partial charge on any atom is 0.171 e. The summed E-state index contributed by atoms with van der Waals surface area (Å²) in [7, 11) is -2.97. The molecular formula is C26H22NOP. The molecule has 0 saturated heterocycles. The predicted octanol–water partition coefficient (Wildman–Crippen LogP) is 5.45. The molecule has 0 spiro atoms. The summed E-state index contributed by atoms with van der Waals surface area (Å²) in [6, 6.07) is 34.5. The van der Waals surface area contributed by atoms with E-state index in [9.17, 15) is 4.57 Å². The Balaban J connectivity index is 1.84. The first-order valence-electron chi connectivity index (χ1n) is 9.96. The number of aromatic nitrogens is 1. The van der Waals surface area contributed by atoms with E-state index in [1.165, 1.54) is 16.4 Å². The average molecular weight is 395 g/mol. The fourth-order valence-electron chi connectivity index (χ4n) is 4.30. The first-order valence-corrected chi connectivity index (χ1v) is 11.7. The first-order chi connectivity index (χ1) is 14.2. The van der Waals surface area contributed by atoms with Crippen molar-refractivity contribution in [2.75, 3.05) is 0 Å². The number of fused-ring (bicyclic) bond motifs is 3. The van der Waals surface area contributed by atoms with Crippen LogP contribution in [0.2, 0.25) is 0 Å². The molecule has 0 aliphatic rings. The Hall–Kier alpha value is -3.09. The fourth-order valence-corrected chi connectivity index (χ4v) is 6.98. The lowest BCUT2D eigenvalue weighted by Crippen LogP contribution is -2.24. The molecule has 0 unspecified atom stereocenters. The average Bonchev–Trinajstić information content (AvgIpc) is 3.12. The monoisotopic (exact) mass is 395 g/mol. The first kappa shape index (κ1) is 18.0. The molecule has 0 aliphatic heterocycles. The maximum absolute atomic E-state index is 14.7. The lowest BCUT2D eigenvalue weighted by Gasteiger charge is -2.20. The van der Waals surface area contributed by atoms with E-state index in [1.54, 1.807) is 0 Å².